The Morgan fingerprint density at radius 2 is 2.08 bits per heavy atom. The van der Waals surface area contributed by atoms with E-state index in [1.165, 1.54) is 10.9 Å². The minimum atomic E-state index is -0.296. The number of aliphatic hydroxyl groups excluding tert-OH is 1. The first-order valence-electron chi connectivity index (χ1n) is 4.49. The third-order valence-electron chi connectivity index (χ3n) is 2.14. The number of rotatable bonds is 2. The molecule has 1 N–H and O–H groups in total. The molecule has 0 amide bonds. The van der Waals surface area contributed by atoms with E-state index < -0.39 is 0 Å². The maximum absolute atomic E-state index is 9.26. The summed E-state index contributed by atoms with van der Waals surface area (Å²) in [5.74, 6) is 0. The van der Waals surface area contributed by atoms with E-state index in [0.717, 1.165) is 0 Å². The highest BCUT2D eigenvalue weighted by Gasteiger charge is 2.01. The SMILES string of the molecule is C[C@H](O)Cn1ccc2ccccc21. The maximum Gasteiger partial charge on any atom is 0.0691 e. The molecule has 0 saturated heterocycles. The lowest BCUT2D eigenvalue weighted by Crippen LogP contribution is -2.10. The van der Waals surface area contributed by atoms with Crippen LogP contribution < -0.4 is 0 Å². The van der Waals surface area contributed by atoms with Gasteiger partial charge in [-0.05, 0) is 24.4 Å². The van der Waals surface area contributed by atoms with Gasteiger partial charge in [0.25, 0.3) is 0 Å². The van der Waals surface area contributed by atoms with Gasteiger partial charge >= 0.3 is 0 Å². The monoisotopic (exact) mass is 175 g/mol. The molecule has 0 aliphatic heterocycles. The quantitative estimate of drug-likeness (QED) is 0.742. The Bertz CT molecular complexity index is 403. The Balaban J connectivity index is 2.46. The molecule has 2 aromatic rings. The Morgan fingerprint density at radius 1 is 1.31 bits per heavy atom. The molecule has 0 aliphatic carbocycles. The van der Waals surface area contributed by atoms with E-state index in [1.807, 2.05) is 18.3 Å². The van der Waals surface area contributed by atoms with Gasteiger partial charge in [-0.2, -0.15) is 0 Å². The number of aliphatic hydroxyl groups is 1. The third-order valence-corrected chi connectivity index (χ3v) is 2.14. The number of para-hydroxylation sites is 1. The van der Waals surface area contributed by atoms with Gasteiger partial charge < -0.3 is 9.67 Å². The van der Waals surface area contributed by atoms with Crippen molar-refractivity contribution in [1.82, 2.24) is 4.57 Å². The van der Waals surface area contributed by atoms with Gasteiger partial charge in [-0.25, -0.2) is 0 Å². The molecule has 0 bridgehead atoms. The van der Waals surface area contributed by atoms with Crippen molar-refractivity contribution in [3.05, 3.63) is 36.5 Å². The van der Waals surface area contributed by atoms with Crippen LogP contribution in [0.3, 0.4) is 0 Å². The number of fused-ring (bicyclic) bond motifs is 1. The first-order chi connectivity index (χ1) is 6.27. The molecular formula is C11H13NO. The molecule has 68 valence electrons. The molecule has 0 fully saturated rings. The topological polar surface area (TPSA) is 25.2 Å². The lowest BCUT2D eigenvalue weighted by Gasteiger charge is -2.06. The van der Waals surface area contributed by atoms with Gasteiger partial charge in [0.15, 0.2) is 0 Å². The summed E-state index contributed by atoms with van der Waals surface area (Å²) in [5, 5.41) is 10.5. The van der Waals surface area contributed by atoms with Crippen molar-refractivity contribution in [2.45, 2.75) is 19.6 Å². The molecule has 13 heavy (non-hydrogen) atoms. The van der Waals surface area contributed by atoms with Crippen LogP contribution in [0.25, 0.3) is 10.9 Å². The van der Waals surface area contributed by atoms with Gasteiger partial charge in [-0.3, -0.25) is 0 Å². The lowest BCUT2D eigenvalue weighted by molar-refractivity contribution is 0.175. The molecule has 1 aromatic heterocycles. The van der Waals surface area contributed by atoms with Gasteiger partial charge in [0.05, 0.1) is 6.10 Å². The van der Waals surface area contributed by atoms with Crippen molar-refractivity contribution in [1.29, 1.82) is 0 Å². The molecule has 0 aliphatic rings. The number of benzene rings is 1. The zero-order chi connectivity index (χ0) is 9.26. The highest BCUT2D eigenvalue weighted by atomic mass is 16.3. The second-order valence-electron chi connectivity index (χ2n) is 3.38. The van der Waals surface area contributed by atoms with E-state index in [1.54, 1.807) is 6.92 Å². The zero-order valence-corrected chi connectivity index (χ0v) is 7.64. The first-order valence-corrected chi connectivity index (χ1v) is 4.49. The Labute approximate surface area is 77.4 Å². The highest BCUT2D eigenvalue weighted by molar-refractivity contribution is 5.79. The molecule has 0 saturated carbocycles. The molecule has 2 nitrogen and oxygen atoms in total. The van der Waals surface area contributed by atoms with Crippen LogP contribution in [0.5, 0.6) is 0 Å². The second kappa shape index (κ2) is 3.23. The predicted molar refractivity (Wildman–Crippen MR) is 53.6 cm³/mol. The van der Waals surface area contributed by atoms with E-state index in [0.29, 0.717) is 6.54 Å². The van der Waals surface area contributed by atoms with E-state index in [4.69, 9.17) is 0 Å². The summed E-state index contributed by atoms with van der Waals surface area (Å²) in [4.78, 5) is 0. The largest absolute Gasteiger partial charge is 0.392 e. The van der Waals surface area contributed by atoms with Crippen molar-refractivity contribution < 1.29 is 5.11 Å². The van der Waals surface area contributed by atoms with Crippen molar-refractivity contribution in [2.24, 2.45) is 0 Å². The van der Waals surface area contributed by atoms with Crippen molar-refractivity contribution >= 4 is 10.9 Å². The van der Waals surface area contributed by atoms with Crippen LogP contribution in [0.2, 0.25) is 0 Å². The van der Waals surface area contributed by atoms with Crippen molar-refractivity contribution in [3.63, 3.8) is 0 Å². The summed E-state index contributed by atoms with van der Waals surface area (Å²) >= 11 is 0. The van der Waals surface area contributed by atoms with Crippen LogP contribution in [0, 0.1) is 0 Å². The number of hydrogen-bond donors (Lipinski definition) is 1. The Hall–Kier alpha value is -1.28. The Kier molecular flexibility index (Phi) is 2.07. The molecule has 1 atom stereocenters. The summed E-state index contributed by atoms with van der Waals surface area (Å²) in [7, 11) is 0. The predicted octanol–water partition coefficient (Wildman–Crippen LogP) is 2.02. The third kappa shape index (κ3) is 1.58. The van der Waals surface area contributed by atoms with Gasteiger partial charge in [-0.15, -0.1) is 0 Å². The molecule has 0 radical (unpaired) electrons. The number of nitrogens with zero attached hydrogens (tertiary/aromatic N) is 1. The average Bonchev–Trinajstić information content (AvgIpc) is 2.48. The summed E-state index contributed by atoms with van der Waals surface area (Å²) in [6.07, 6.45) is 1.72. The van der Waals surface area contributed by atoms with Crippen molar-refractivity contribution in [3.8, 4) is 0 Å². The molecule has 1 aromatic carbocycles. The zero-order valence-electron chi connectivity index (χ0n) is 7.64. The second-order valence-corrected chi connectivity index (χ2v) is 3.38. The van der Waals surface area contributed by atoms with Crippen LogP contribution in [0.4, 0.5) is 0 Å². The maximum atomic E-state index is 9.26. The standard InChI is InChI=1S/C11H13NO/c1-9(13)8-12-7-6-10-4-2-3-5-11(10)12/h2-7,9,13H,8H2,1H3/t9-/m0/s1. The van der Waals surface area contributed by atoms with Crippen LogP contribution in [-0.4, -0.2) is 15.8 Å². The van der Waals surface area contributed by atoms with Crippen LogP contribution in [-0.2, 0) is 6.54 Å². The molecule has 2 rings (SSSR count). The molecule has 0 unspecified atom stereocenters. The molecule has 0 spiro atoms. The summed E-state index contributed by atoms with van der Waals surface area (Å²) in [6.45, 7) is 2.46. The minimum Gasteiger partial charge on any atom is -0.392 e. The van der Waals surface area contributed by atoms with Crippen molar-refractivity contribution in [2.75, 3.05) is 0 Å². The summed E-state index contributed by atoms with van der Waals surface area (Å²) < 4.78 is 2.07. The molecule has 1 heterocycles. The van der Waals surface area contributed by atoms with Gasteiger partial charge in [0, 0.05) is 18.3 Å². The van der Waals surface area contributed by atoms with E-state index >= 15 is 0 Å². The highest BCUT2D eigenvalue weighted by Crippen LogP contribution is 2.15. The lowest BCUT2D eigenvalue weighted by atomic mass is 10.2. The smallest absolute Gasteiger partial charge is 0.0691 e. The van der Waals surface area contributed by atoms with Gasteiger partial charge in [0.2, 0.25) is 0 Å². The fourth-order valence-electron chi connectivity index (χ4n) is 1.58. The first kappa shape index (κ1) is 8.32. The fraction of sp³-hybridized carbons (Fsp3) is 0.273. The van der Waals surface area contributed by atoms with Crippen LogP contribution in [0.1, 0.15) is 6.92 Å². The van der Waals surface area contributed by atoms with Crippen LogP contribution >= 0.6 is 0 Å². The minimum absolute atomic E-state index is 0.296. The van der Waals surface area contributed by atoms with Crippen LogP contribution in [0.15, 0.2) is 36.5 Å². The molecular weight excluding hydrogens is 162 g/mol. The Morgan fingerprint density at radius 3 is 2.85 bits per heavy atom. The number of hydrogen-bond acceptors (Lipinski definition) is 1. The normalized spacial score (nSPS) is 13.4. The summed E-state index contributed by atoms with van der Waals surface area (Å²) in [6, 6.07) is 10.2. The van der Waals surface area contributed by atoms with Gasteiger partial charge in [0.1, 0.15) is 0 Å². The van der Waals surface area contributed by atoms with E-state index in [2.05, 4.69) is 22.8 Å². The molecule has 2 heteroatoms. The van der Waals surface area contributed by atoms with E-state index in [-0.39, 0.29) is 6.10 Å². The van der Waals surface area contributed by atoms with Gasteiger partial charge in [-0.1, -0.05) is 18.2 Å². The summed E-state index contributed by atoms with van der Waals surface area (Å²) in [5.41, 5.74) is 1.18. The fourth-order valence-corrected chi connectivity index (χ4v) is 1.58. The van der Waals surface area contributed by atoms with E-state index in [9.17, 15) is 5.11 Å². The average molecular weight is 175 g/mol. The number of aromatic nitrogens is 1.